The van der Waals surface area contributed by atoms with E-state index in [9.17, 15) is 4.79 Å². The minimum Gasteiger partial charge on any atom is -0.459 e. The van der Waals surface area contributed by atoms with Crippen molar-refractivity contribution in [3.05, 3.63) is 0 Å². The Labute approximate surface area is 141 Å². The first-order valence-corrected chi connectivity index (χ1v) is 9.23. The zero-order valence-corrected chi connectivity index (χ0v) is 15.5. The second-order valence-electron chi connectivity index (χ2n) is 8.23. The molecule has 4 nitrogen and oxygen atoms in total. The van der Waals surface area contributed by atoms with Crippen LogP contribution >= 0.6 is 0 Å². The Balaban J connectivity index is 1.84. The lowest BCUT2D eigenvalue weighted by molar-refractivity contribution is -0.168. The largest absolute Gasteiger partial charge is 0.459 e. The number of rotatable bonds is 5. The summed E-state index contributed by atoms with van der Waals surface area (Å²) < 4.78 is 17.1. The van der Waals surface area contributed by atoms with Crippen molar-refractivity contribution in [3.63, 3.8) is 0 Å². The van der Waals surface area contributed by atoms with Gasteiger partial charge in [-0.25, -0.2) is 0 Å². The second-order valence-corrected chi connectivity index (χ2v) is 8.23. The van der Waals surface area contributed by atoms with Crippen molar-refractivity contribution in [2.45, 2.75) is 84.5 Å². The number of carbonyl (C=O) groups excluding carboxylic acids is 1. The molecule has 2 aliphatic rings. The maximum Gasteiger partial charge on any atom is 0.309 e. The molecule has 134 valence electrons. The molecule has 0 spiro atoms. The quantitative estimate of drug-likeness (QED) is 0.717. The molecular weight excluding hydrogens is 292 g/mol. The van der Waals surface area contributed by atoms with Crippen molar-refractivity contribution >= 4 is 5.97 Å². The fourth-order valence-corrected chi connectivity index (χ4v) is 4.10. The third-order valence-electron chi connectivity index (χ3n) is 5.34. The van der Waals surface area contributed by atoms with Crippen molar-refractivity contribution in [2.75, 3.05) is 13.2 Å². The highest BCUT2D eigenvalue weighted by Crippen LogP contribution is 2.34. The van der Waals surface area contributed by atoms with E-state index in [0.717, 1.165) is 38.7 Å². The summed E-state index contributed by atoms with van der Waals surface area (Å²) in [5.74, 6) is 1.16. The molecule has 2 heterocycles. The van der Waals surface area contributed by atoms with Crippen LogP contribution in [0.25, 0.3) is 0 Å². The molecule has 0 saturated carbocycles. The minimum atomic E-state index is -0.403. The van der Waals surface area contributed by atoms with Gasteiger partial charge in [-0.05, 0) is 71.6 Å². The van der Waals surface area contributed by atoms with Gasteiger partial charge in [-0.15, -0.1) is 0 Å². The number of ether oxygens (including phenoxy) is 3. The van der Waals surface area contributed by atoms with Crippen LogP contribution in [0.1, 0.15) is 66.7 Å². The van der Waals surface area contributed by atoms with Crippen molar-refractivity contribution in [3.8, 4) is 0 Å². The topological polar surface area (TPSA) is 44.8 Å². The van der Waals surface area contributed by atoms with Crippen molar-refractivity contribution in [1.82, 2.24) is 0 Å². The van der Waals surface area contributed by atoms with Crippen LogP contribution in [-0.4, -0.2) is 37.0 Å². The molecule has 2 saturated heterocycles. The van der Waals surface area contributed by atoms with Crippen LogP contribution < -0.4 is 0 Å². The molecule has 5 unspecified atom stereocenters. The Bertz CT molecular complexity index is 393. The van der Waals surface area contributed by atoms with Crippen LogP contribution in [0, 0.1) is 17.8 Å². The Kier molecular flexibility index (Phi) is 6.49. The maximum atomic E-state index is 12.5. The summed E-state index contributed by atoms with van der Waals surface area (Å²) in [6.07, 6.45) is 5.22. The molecule has 0 bridgehead atoms. The normalized spacial score (nSPS) is 34.0. The number of hydrogen-bond acceptors (Lipinski definition) is 4. The van der Waals surface area contributed by atoms with Crippen LogP contribution in [0.5, 0.6) is 0 Å². The summed E-state index contributed by atoms with van der Waals surface area (Å²) >= 11 is 0. The molecule has 0 aromatic rings. The highest BCUT2D eigenvalue weighted by atomic mass is 16.6. The van der Waals surface area contributed by atoms with E-state index >= 15 is 0 Å². The van der Waals surface area contributed by atoms with E-state index < -0.39 is 5.60 Å². The molecule has 2 rings (SSSR count). The molecule has 2 fully saturated rings. The highest BCUT2D eigenvalue weighted by molar-refractivity contribution is 5.73. The second kappa shape index (κ2) is 7.98. The van der Waals surface area contributed by atoms with E-state index in [4.69, 9.17) is 14.2 Å². The minimum absolute atomic E-state index is 0.00330. The lowest BCUT2D eigenvalue weighted by Gasteiger charge is -2.36. The molecule has 0 amide bonds. The summed E-state index contributed by atoms with van der Waals surface area (Å²) in [5.41, 5.74) is -0.403. The van der Waals surface area contributed by atoms with E-state index in [-0.39, 0.29) is 18.0 Å². The molecular formula is C19H34O4. The van der Waals surface area contributed by atoms with Crippen LogP contribution in [0.3, 0.4) is 0 Å². The molecule has 0 aromatic heterocycles. The maximum absolute atomic E-state index is 12.5. The molecule has 5 atom stereocenters. The summed E-state index contributed by atoms with van der Waals surface area (Å²) in [7, 11) is 0. The number of esters is 1. The van der Waals surface area contributed by atoms with E-state index in [1.54, 1.807) is 0 Å². The first-order valence-electron chi connectivity index (χ1n) is 9.23. The standard InChI is InChI=1S/C19H34O4/c1-13(16-6-8-21-14(2)10-16)12-19(4,5)23-18(20)17-7-9-22-15(3)11-17/h13-17H,6-12H2,1-5H3. The Morgan fingerprint density at radius 2 is 1.74 bits per heavy atom. The lowest BCUT2D eigenvalue weighted by atomic mass is 9.79. The first kappa shape index (κ1) is 18.7. The fraction of sp³-hybridized carbons (Fsp3) is 0.947. The van der Waals surface area contributed by atoms with Crippen LogP contribution in [0.2, 0.25) is 0 Å². The molecule has 4 heteroatoms. The number of hydrogen-bond donors (Lipinski definition) is 0. The monoisotopic (exact) mass is 326 g/mol. The predicted octanol–water partition coefficient (Wildman–Crippen LogP) is 3.96. The van der Waals surface area contributed by atoms with Gasteiger partial charge in [0.15, 0.2) is 0 Å². The van der Waals surface area contributed by atoms with Gasteiger partial charge in [0.05, 0.1) is 18.1 Å². The van der Waals surface area contributed by atoms with Crippen molar-refractivity contribution in [2.24, 2.45) is 17.8 Å². The van der Waals surface area contributed by atoms with Gasteiger partial charge in [0, 0.05) is 13.2 Å². The van der Waals surface area contributed by atoms with Gasteiger partial charge in [-0.1, -0.05) is 6.92 Å². The van der Waals surface area contributed by atoms with Crippen molar-refractivity contribution < 1.29 is 19.0 Å². The van der Waals surface area contributed by atoms with Gasteiger partial charge in [0.2, 0.25) is 0 Å². The lowest BCUT2D eigenvalue weighted by Crippen LogP contribution is -2.38. The summed E-state index contributed by atoms with van der Waals surface area (Å²) in [6, 6.07) is 0. The van der Waals surface area contributed by atoms with E-state index in [2.05, 4.69) is 13.8 Å². The van der Waals surface area contributed by atoms with Crippen LogP contribution in [-0.2, 0) is 19.0 Å². The number of carbonyl (C=O) groups is 1. The zero-order chi connectivity index (χ0) is 17.0. The van der Waals surface area contributed by atoms with Gasteiger partial charge < -0.3 is 14.2 Å². The summed E-state index contributed by atoms with van der Waals surface area (Å²) in [5, 5.41) is 0. The molecule has 2 aliphatic heterocycles. The van der Waals surface area contributed by atoms with Gasteiger partial charge in [0.1, 0.15) is 5.60 Å². The summed E-state index contributed by atoms with van der Waals surface area (Å²) in [4.78, 5) is 12.5. The smallest absolute Gasteiger partial charge is 0.309 e. The van der Waals surface area contributed by atoms with Gasteiger partial charge >= 0.3 is 5.97 Å². The van der Waals surface area contributed by atoms with Gasteiger partial charge in [-0.3, -0.25) is 4.79 Å². The van der Waals surface area contributed by atoms with E-state index in [1.807, 2.05) is 20.8 Å². The molecule has 0 aliphatic carbocycles. The Morgan fingerprint density at radius 3 is 2.35 bits per heavy atom. The fourth-order valence-electron chi connectivity index (χ4n) is 4.10. The summed E-state index contributed by atoms with van der Waals surface area (Å²) in [6.45, 7) is 12.1. The molecule has 23 heavy (non-hydrogen) atoms. The highest BCUT2D eigenvalue weighted by Gasteiger charge is 2.34. The average molecular weight is 326 g/mol. The SMILES string of the molecule is CC1CC(C(=O)OC(C)(C)CC(C)C2CCOC(C)C2)CCO1. The third kappa shape index (κ3) is 5.75. The average Bonchev–Trinajstić information content (AvgIpc) is 2.46. The zero-order valence-electron chi connectivity index (χ0n) is 15.5. The van der Waals surface area contributed by atoms with Gasteiger partial charge in [0.25, 0.3) is 0 Å². The first-order chi connectivity index (χ1) is 10.8. The van der Waals surface area contributed by atoms with Crippen LogP contribution in [0.15, 0.2) is 0 Å². The van der Waals surface area contributed by atoms with Crippen LogP contribution in [0.4, 0.5) is 0 Å². The predicted molar refractivity (Wildman–Crippen MR) is 90.2 cm³/mol. The van der Waals surface area contributed by atoms with Gasteiger partial charge in [-0.2, -0.15) is 0 Å². The molecule has 0 radical (unpaired) electrons. The van der Waals surface area contributed by atoms with E-state index in [1.165, 1.54) is 0 Å². The molecule has 0 aromatic carbocycles. The van der Waals surface area contributed by atoms with Crippen molar-refractivity contribution in [1.29, 1.82) is 0 Å². The third-order valence-corrected chi connectivity index (χ3v) is 5.34. The Morgan fingerprint density at radius 1 is 1.13 bits per heavy atom. The van der Waals surface area contributed by atoms with E-state index in [0.29, 0.717) is 24.5 Å². The molecule has 0 N–H and O–H groups in total. The Hall–Kier alpha value is -0.610.